The highest BCUT2D eigenvalue weighted by molar-refractivity contribution is 5.70. The first kappa shape index (κ1) is 11.7. The quantitative estimate of drug-likeness (QED) is 0.675. The van der Waals surface area contributed by atoms with Crippen molar-refractivity contribution < 1.29 is 9.27 Å². The fraction of sp³-hybridized carbons (Fsp3) is 0.417. The van der Waals surface area contributed by atoms with Gasteiger partial charge in [-0.15, -0.1) is 0 Å². The molecule has 0 aliphatic heterocycles. The van der Waals surface area contributed by atoms with Gasteiger partial charge in [-0.05, 0) is 25.5 Å². The van der Waals surface area contributed by atoms with Gasteiger partial charge in [-0.1, -0.05) is 25.5 Å². The summed E-state index contributed by atoms with van der Waals surface area (Å²) in [5.41, 5.74) is 2.52. The van der Waals surface area contributed by atoms with Crippen LogP contribution in [-0.4, -0.2) is 4.98 Å². The summed E-state index contributed by atoms with van der Waals surface area (Å²) in [5.74, 6) is 0. The number of H-pyrrole nitrogens is 1. The lowest BCUT2D eigenvalue weighted by atomic mass is 10.2. The summed E-state index contributed by atoms with van der Waals surface area (Å²) in [6.07, 6.45) is 4.53. The smallest absolute Gasteiger partial charge is 0.242 e. The van der Waals surface area contributed by atoms with Crippen LogP contribution in [0, 0.1) is 0 Å². The second-order valence-corrected chi connectivity index (χ2v) is 3.84. The highest BCUT2D eigenvalue weighted by Gasteiger charge is 2.13. The fourth-order valence-electron chi connectivity index (χ4n) is 1.95. The summed E-state index contributed by atoms with van der Waals surface area (Å²) in [6.45, 7) is 4.50. The van der Waals surface area contributed by atoms with E-state index >= 15 is 0 Å². The summed E-state index contributed by atoms with van der Waals surface area (Å²) in [6, 6.07) is 9.01. The van der Waals surface area contributed by atoms with Gasteiger partial charge < -0.3 is 4.70 Å². The van der Waals surface area contributed by atoms with Gasteiger partial charge in [0, 0.05) is 0 Å². The van der Waals surface area contributed by atoms with Crippen molar-refractivity contribution in [2.45, 2.75) is 32.7 Å². The third-order valence-electron chi connectivity index (χ3n) is 2.72. The predicted molar refractivity (Wildman–Crippen MR) is 58.1 cm³/mol. The van der Waals surface area contributed by atoms with Crippen molar-refractivity contribution in [2.75, 3.05) is 0 Å². The summed E-state index contributed by atoms with van der Waals surface area (Å²) in [4.78, 5) is 3.29. The molecule has 2 rings (SSSR count). The number of hydrogen-bond donors (Lipinski definition) is 1. The topological polar surface area (TPSA) is 19.7 Å². The highest BCUT2D eigenvalue weighted by atomic mass is 19.0. The average molecular weight is 208 g/mol. The minimum atomic E-state index is 0. The van der Waals surface area contributed by atoms with E-state index in [9.17, 15) is 0 Å². The molecule has 0 spiro atoms. The monoisotopic (exact) mass is 208 g/mol. The van der Waals surface area contributed by atoms with Gasteiger partial charge in [0.25, 0.3) is 0 Å². The number of rotatable bonds is 3. The van der Waals surface area contributed by atoms with Crippen molar-refractivity contribution in [2.24, 2.45) is 0 Å². The van der Waals surface area contributed by atoms with E-state index in [1.807, 2.05) is 0 Å². The van der Waals surface area contributed by atoms with E-state index in [2.05, 4.69) is 54.0 Å². The van der Waals surface area contributed by atoms with Crippen molar-refractivity contribution in [3.05, 3.63) is 30.6 Å². The number of aromatic amines is 1. The molecular weight excluding hydrogens is 191 g/mol. The number of fused-ring (bicyclic) bond motifs is 1. The van der Waals surface area contributed by atoms with E-state index < -0.39 is 0 Å². The molecule has 2 nitrogen and oxygen atoms in total. The molecule has 2 aromatic rings. The van der Waals surface area contributed by atoms with Crippen LogP contribution in [0.1, 0.15) is 32.7 Å². The van der Waals surface area contributed by atoms with Crippen LogP contribution >= 0.6 is 0 Å². The standard InChI is InChI=1S/C12H16N2.FH/c1-3-6-10(2)14-9-13-11-7-4-5-8-12(11)14;/h4-5,7-10H,3,6H2,1-2H3;1H. The van der Waals surface area contributed by atoms with E-state index in [1.54, 1.807) is 0 Å². The molecule has 0 fully saturated rings. The molecule has 1 aromatic carbocycles. The molecule has 0 aliphatic carbocycles. The number of halogens is 1. The maximum Gasteiger partial charge on any atom is 0.242 e. The minimum Gasteiger partial charge on any atom is -1.00 e. The highest BCUT2D eigenvalue weighted by Crippen LogP contribution is 2.11. The van der Waals surface area contributed by atoms with Gasteiger partial charge in [-0.25, -0.2) is 9.55 Å². The van der Waals surface area contributed by atoms with E-state index in [0.29, 0.717) is 6.04 Å². The molecule has 82 valence electrons. The maximum absolute atomic E-state index is 3.29. The Labute approximate surface area is 89.3 Å². The van der Waals surface area contributed by atoms with Gasteiger partial charge in [-0.2, -0.15) is 0 Å². The van der Waals surface area contributed by atoms with Gasteiger partial charge in [0.1, 0.15) is 0 Å². The van der Waals surface area contributed by atoms with Gasteiger partial charge in [-0.3, -0.25) is 0 Å². The summed E-state index contributed by atoms with van der Waals surface area (Å²) >= 11 is 0. The molecule has 0 saturated carbocycles. The molecule has 3 heteroatoms. The van der Waals surface area contributed by atoms with Crippen LogP contribution in [-0.2, 0) is 0 Å². The molecule has 0 saturated heterocycles. The van der Waals surface area contributed by atoms with E-state index in [4.69, 9.17) is 0 Å². The molecule has 1 N–H and O–H groups in total. The number of nitrogens with one attached hydrogen (secondary N) is 1. The second kappa shape index (κ2) is 4.91. The SMILES string of the molecule is CCCC(C)[n+]1c[nH]c2ccccc21.[F-]. The number of nitrogens with zero attached hydrogens (tertiary/aromatic N) is 1. The second-order valence-electron chi connectivity index (χ2n) is 3.84. The predicted octanol–water partition coefficient (Wildman–Crippen LogP) is -0.179. The van der Waals surface area contributed by atoms with Crippen LogP contribution in [0.5, 0.6) is 0 Å². The zero-order chi connectivity index (χ0) is 9.97. The Balaban J connectivity index is 0.00000112. The zero-order valence-electron chi connectivity index (χ0n) is 9.20. The molecule has 0 radical (unpaired) electrons. The number of imidazole rings is 1. The summed E-state index contributed by atoms with van der Waals surface area (Å²) in [5, 5.41) is 0. The van der Waals surface area contributed by atoms with Gasteiger partial charge in [0.2, 0.25) is 6.33 Å². The van der Waals surface area contributed by atoms with E-state index in [0.717, 1.165) is 0 Å². The number of para-hydroxylation sites is 2. The molecule has 0 aliphatic rings. The van der Waals surface area contributed by atoms with Crippen LogP contribution in [0.25, 0.3) is 11.0 Å². The van der Waals surface area contributed by atoms with Crippen LogP contribution in [0.4, 0.5) is 0 Å². The molecule has 1 unspecified atom stereocenters. The van der Waals surface area contributed by atoms with Crippen molar-refractivity contribution in [3.63, 3.8) is 0 Å². The molecule has 0 bridgehead atoms. The van der Waals surface area contributed by atoms with Gasteiger partial charge in [0.15, 0.2) is 11.0 Å². The molecule has 15 heavy (non-hydrogen) atoms. The third kappa shape index (κ3) is 2.17. The first-order valence-corrected chi connectivity index (χ1v) is 5.30. The summed E-state index contributed by atoms with van der Waals surface area (Å²) < 4.78 is 2.32. The van der Waals surface area contributed by atoms with Gasteiger partial charge in [0.05, 0.1) is 6.04 Å². The van der Waals surface area contributed by atoms with Crippen molar-refractivity contribution in [1.29, 1.82) is 0 Å². The Hall–Kier alpha value is -1.38. The summed E-state index contributed by atoms with van der Waals surface area (Å²) in [7, 11) is 0. The average Bonchev–Trinajstić information content (AvgIpc) is 2.61. The molecular formula is C12H17FN2. The lowest BCUT2D eigenvalue weighted by Gasteiger charge is -2.06. The molecule has 0 amide bonds. The fourth-order valence-corrected chi connectivity index (χ4v) is 1.95. The first-order chi connectivity index (χ1) is 6.83. The maximum atomic E-state index is 3.29. The number of hydrogen-bond acceptors (Lipinski definition) is 0. The molecule has 1 heterocycles. The molecule has 1 atom stereocenters. The Kier molecular flexibility index (Phi) is 3.83. The van der Waals surface area contributed by atoms with E-state index in [-0.39, 0.29) is 4.70 Å². The molecule has 1 aromatic heterocycles. The first-order valence-electron chi connectivity index (χ1n) is 5.30. The van der Waals surface area contributed by atoms with E-state index in [1.165, 1.54) is 23.9 Å². The van der Waals surface area contributed by atoms with Crippen LogP contribution < -0.4 is 9.27 Å². The Morgan fingerprint density at radius 3 is 2.80 bits per heavy atom. The Morgan fingerprint density at radius 1 is 1.33 bits per heavy atom. The Bertz CT molecular complexity index is 422. The number of aromatic nitrogens is 2. The lowest BCUT2D eigenvalue weighted by molar-refractivity contribution is -0.695. The largest absolute Gasteiger partial charge is 1.00 e. The van der Waals surface area contributed by atoms with Crippen LogP contribution in [0.15, 0.2) is 30.6 Å². The number of benzene rings is 1. The van der Waals surface area contributed by atoms with Crippen LogP contribution in [0.2, 0.25) is 0 Å². The van der Waals surface area contributed by atoms with Crippen molar-refractivity contribution in [1.82, 2.24) is 4.98 Å². The lowest BCUT2D eigenvalue weighted by Crippen LogP contribution is -3.00. The zero-order valence-corrected chi connectivity index (χ0v) is 9.20. The third-order valence-corrected chi connectivity index (χ3v) is 2.72. The Morgan fingerprint density at radius 2 is 2.07 bits per heavy atom. The van der Waals surface area contributed by atoms with Crippen molar-refractivity contribution in [3.8, 4) is 0 Å². The van der Waals surface area contributed by atoms with Crippen molar-refractivity contribution >= 4 is 11.0 Å². The van der Waals surface area contributed by atoms with Crippen LogP contribution in [0.3, 0.4) is 0 Å². The minimum absolute atomic E-state index is 0. The van der Waals surface area contributed by atoms with Gasteiger partial charge >= 0.3 is 0 Å². The normalized spacial score (nSPS) is 12.4.